The first-order valence-corrected chi connectivity index (χ1v) is 8.96. The standard InChI is InChI=1S/C19H21NOS/c21-19(15-22-14-16-8-3-1-4-9-16)20-13-7-12-18(20)17-10-5-2-6-11-17/h1-6,8-11,18H,7,12-15H2. The van der Waals surface area contributed by atoms with E-state index < -0.39 is 0 Å². The van der Waals surface area contributed by atoms with Crippen molar-refractivity contribution in [2.45, 2.75) is 24.6 Å². The fourth-order valence-corrected chi connectivity index (χ4v) is 3.87. The van der Waals surface area contributed by atoms with E-state index in [4.69, 9.17) is 0 Å². The Kier molecular flexibility index (Phi) is 5.17. The van der Waals surface area contributed by atoms with Gasteiger partial charge in [-0.15, -0.1) is 11.8 Å². The van der Waals surface area contributed by atoms with E-state index in [-0.39, 0.29) is 11.9 Å². The monoisotopic (exact) mass is 311 g/mol. The van der Waals surface area contributed by atoms with E-state index in [1.807, 2.05) is 24.3 Å². The van der Waals surface area contributed by atoms with Crippen LogP contribution in [0.2, 0.25) is 0 Å². The maximum absolute atomic E-state index is 12.5. The average molecular weight is 311 g/mol. The molecule has 0 spiro atoms. The molecule has 1 amide bonds. The molecule has 3 heteroatoms. The van der Waals surface area contributed by atoms with Crippen LogP contribution in [0.3, 0.4) is 0 Å². The Labute approximate surface area is 136 Å². The summed E-state index contributed by atoms with van der Waals surface area (Å²) in [6, 6.07) is 21.0. The Morgan fingerprint density at radius 2 is 1.73 bits per heavy atom. The van der Waals surface area contributed by atoms with Gasteiger partial charge in [0.2, 0.25) is 5.91 Å². The second kappa shape index (κ2) is 7.50. The highest BCUT2D eigenvalue weighted by Gasteiger charge is 2.29. The number of nitrogens with zero attached hydrogens (tertiary/aromatic N) is 1. The van der Waals surface area contributed by atoms with Gasteiger partial charge in [-0.2, -0.15) is 0 Å². The van der Waals surface area contributed by atoms with Gasteiger partial charge in [-0.3, -0.25) is 4.79 Å². The molecular weight excluding hydrogens is 290 g/mol. The zero-order valence-corrected chi connectivity index (χ0v) is 13.5. The van der Waals surface area contributed by atoms with Crippen LogP contribution >= 0.6 is 11.8 Å². The van der Waals surface area contributed by atoms with Crippen LogP contribution in [0.5, 0.6) is 0 Å². The van der Waals surface area contributed by atoms with Crippen molar-refractivity contribution in [3.05, 3.63) is 71.8 Å². The van der Waals surface area contributed by atoms with Crippen molar-refractivity contribution >= 4 is 17.7 Å². The van der Waals surface area contributed by atoms with E-state index >= 15 is 0 Å². The minimum atomic E-state index is 0.269. The number of amides is 1. The molecule has 1 fully saturated rings. The van der Waals surface area contributed by atoms with Crippen molar-refractivity contribution in [1.29, 1.82) is 0 Å². The Balaban J connectivity index is 1.55. The highest BCUT2D eigenvalue weighted by Crippen LogP contribution is 2.32. The van der Waals surface area contributed by atoms with Crippen molar-refractivity contribution in [2.24, 2.45) is 0 Å². The SMILES string of the molecule is O=C(CSCc1ccccc1)N1CCCC1c1ccccc1. The van der Waals surface area contributed by atoms with Crippen molar-refractivity contribution in [3.8, 4) is 0 Å². The molecule has 2 aromatic rings. The Morgan fingerprint density at radius 1 is 1.05 bits per heavy atom. The van der Waals surface area contributed by atoms with Crippen LogP contribution in [0.1, 0.15) is 30.0 Å². The predicted octanol–water partition coefficient (Wildman–Crippen LogP) is 4.28. The first-order chi connectivity index (χ1) is 10.8. The maximum atomic E-state index is 12.5. The summed E-state index contributed by atoms with van der Waals surface area (Å²) in [4.78, 5) is 14.6. The maximum Gasteiger partial charge on any atom is 0.233 e. The topological polar surface area (TPSA) is 20.3 Å². The number of carbonyl (C=O) groups excluding carboxylic acids is 1. The molecule has 22 heavy (non-hydrogen) atoms. The fourth-order valence-electron chi connectivity index (χ4n) is 3.00. The van der Waals surface area contributed by atoms with Gasteiger partial charge in [0.25, 0.3) is 0 Å². The van der Waals surface area contributed by atoms with Crippen LogP contribution in [-0.4, -0.2) is 23.1 Å². The minimum absolute atomic E-state index is 0.269. The molecule has 0 aliphatic carbocycles. The van der Waals surface area contributed by atoms with Crippen molar-refractivity contribution in [3.63, 3.8) is 0 Å². The van der Waals surface area contributed by atoms with E-state index in [0.29, 0.717) is 5.75 Å². The summed E-state index contributed by atoms with van der Waals surface area (Å²) in [5, 5.41) is 0. The van der Waals surface area contributed by atoms with E-state index in [1.165, 1.54) is 11.1 Å². The summed E-state index contributed by atoms with van der Waals surface area (Å²) in [5.74, 6) is 1.74. The summed E-state index contributed by atoms with van der Waals surface area (Å²) < 4.78 is 0. The van der Waals surface area contributed by atoms with Gasteiger partial charge in [0, 0.05) is 12.3 Å². The van der Waals surface area contributed by atoms with Gasteiger partial charge in [0.1, 0.15) is 0 Å². The van der Waals surface area contributed by atoms with Crippen molar-refractivity contribution in [1.82, 2.24) is 4.90 Å². The van der Waals surface area contributed by atoms with Gasteiger partial charge in [-0.25, -0.2) is 0 Å². The van der Waals surface area contributed by atoms with Gasteiger partial charge in [-0.05, 0) is 24.0 Å². The second-order valence-corrected chi connectivity index (χ2v) is 6.62. The summed E-state index contributed by atoms with van der Waals surface area (Å²) in [6.45, 7) is 0.893. The fraction of sp³-hybridized carbons (Fsp3) is 0.316. The lowest BCUT2D eigenvalue weighted by Gasteiger charge is -2.25. The molecule has 114 valence electrons. The largest absolute Gasteiger partial charge is 0.335 e. The van der Waals surface area contributed by atoms with E-state index in [2.05, 4.69) is 41.3 Å². The van der Waals surface area contributed by atoms with Crippen LogP contribution in [0.25, 0.3) is 0 Å². The molecular formula is C19H21NOS. The lowest BCUT2D eigenvalue weighted by molar-refractivity contribution is -0.129. The first kappa shape index (κ1) is 15.2. The molecule has 0 radical (unpaired) electrons. The highest BCUT2D eigenvalue weighted by molar-refractivity contribution is 7.99. The number of hydrogen-bond donors (Lipinski definition) is 0. The summed E-state index contributed by atoms with van der Waals surface area (Å²) >= 11 is 1.71. The molecule has 0 aromatic heterocycles. The van der Waals surface area contributed by atoms with E-state index in [9.17, 15) is 4.79 Å². The van der Waals surface area contributed by atoms with Crippen LogP contribution < -0.4 is 0 Å². The molecule has 0 bridgehead atoms. The molecule has 1 heterocycles. The van der Waals surface area contributed by atoms with E-state index in [0.717, 1.165) is 25.1 Å². The third-order valence-corrected chi connectivity index (χ3v) is 5.08. The quantitative estimate of drug-likeness (QED) is 0.821. The Bertz CT molecular complexity index is 599. The van der Waals surface area contributed by atoms with Gasteiger partial charge < -0.3 is 4.90 Å². The predicted molar refractivity (Wildman–Crippen MR) is 92.7 cm³/mol. The van der Waals surface area contributed by atoms with Gasteiger partial charge >= 0.3 is 0 Å². The first-order valence-electron chi connectivity index (χ1n) is 7.80. The van der Waals surface area contributed by atoms with Crippen molar-refractivity contribution in [2.75, 3.05) is 12.3 Å². The zero-order chi connectivity index (χ0) is 15.2. The van der Waals surface area contributed by atoms with Gasteiger partial charge in [0.15, 0.2) is 0 Å². The molecule has 0 saturated carbocycles. The zero-order valence-electron chi connectivity index (χ0n) is 12.7. The Hall–Kier alpha value is -1.74. The number of hydrogen-bond acceptors (Lipinski definition) is 2. The smallest absolute Gasteiger partial charge is 0.233 e. The Morgan fingerprint density at radius 3 is 2.45 bits per heavy atom. The van der Waals surface area contributed by atoms with Gasteiger partial charge in [0.05, 0.1) is 11.8 Å². The van der Waals surface area contributed by atoms with Gasteiger partial charge in [-0.1, -0.05) is 60.7 Å². The van der Waals surface area contributed by atoms with Crippen LogP contribution in [-0.2, 0) is 10.5 Å². The third kappa shape index (κ3) is 3.72. The summed E-state index contributed by atoms with van der Waals surface area (Å²) in [7, 11) is 0. The second-order valence-electron chi connectivity index (χ2n) is 5.63. The lowest BCUT2D eigenvalue weighted by Crippen LogP contribution is -2.32. The summed E-state index contributed by atoms with van der Waals surface area (Å²) in [6.07, 6.45) is 2.19. The number of thioether (sulfide) groups is 1. The number of likely N-dealkylation sites (tertiary alicyclic amines) is 1. The molecule has 2 nitrogen and oxygen atoms in total. The van der Waals surface area contributed by atoms with Crippen molar-refractivity contribution < 1.29 is 4.79 Å². The van der Waals surface area contributed by atoms with Crippen LogP contribution in [0, 0.1) is 0 Å². The molecule has 2 aromatic carbocycles. The van der Waals surface area contributed by atoms with Crippen LogP contribution in [0.15, 0.2) is 60.7 Å². The van der Waals surface area contributed by atoms with E-state index in [1.54, 1.807) is 11.8 Å². The van der Waals surface area contributed by atoms with Crippen LogP contribution in [0.4, 0.5) is 0 Å². The minimum Gasteiger partial charge on any atom is -0.335 e. The molecule has 1 unspecified atom stereocenters. The third-order valence-electron chi connectivity index (χ3n) is 4.09. The molecule has 0 N–H and O–H groups in total. The number of rotatable bonds is 5. The molecule has 1 atom stereocenters. The normalized spacial score (nSPS) is 17.6. The molecule has 1 aliphatic rings. The molecule has 1 saturated heterocycles. The highest BCUT2D eigenvalue weighted by atomic mass is 32.2. The lowest BCUT2D eigenvalue weighted by atomic mass is 10.0. The average Bonchev–Trinajstić information content (AvgIpc) is 3.06. The molecule has 3 rings (SSSR count). The number of benzene rings is 2. The number of carbonyl (C=O) groups is 1. The summed E-state index contributed by atoms with van der Waals surface area (Å²) in [5.41, 5.74) is 2.54. The molecule has 1 aliphatic heterocycles.